The lowest BCUT2D eigenvalue weighted by molar-refractivity contribution is -0.119. The van der Waals surface area contributed by atoms with Crippen LogP contribution in [0.4, 0.5) is 5.69 Å². The number of H-pyrrole nitrogens is 1. The summed E-state index contributed by atoms with van der Waals surface area (Å²) in [7, 11) is 0. The fraction of sp³-hybridized carbons (Fsp3) is 0.484. The van der Waals surface area contributed by atoms with Crippen LogP contribution in [0.1, 0.15) is 57.1 Å². The number of rotatable bonds is 12. The van der Waals surface area contributed by atoms with Crippen molar-refractivity contribution in [1.29, 1.82) is 5.26 Å². The molecule has 1 unspecified atom stereocenters. The number of nitrogens with zero attached hydrogens (tertiary/aromatic N) is 4. The van der Waals surface area contributed by atoms with Crippen LogP contribution >= 0.6 is 0 Å². The molecular weight excluding hydrogens is 458 g/mol. The van der Waals surface area contributed by atoms with E-state index in [9.17, 15) is 10.1 Å². The van der Waals surface area contributed by atoms with Crippen molar-refractivity contribution in [2.24, 2.45) is 0 Å². The zero-order valence-electron chi connectivity index (χ0n) is 22.5. The van der Waals surface area contributed by atoms with E-state index in [4.69, 9.17) is 0 Å². The largest absolute Gasteiger partial charge is 0.361 e. The maximum absolute atomic E-state index is 13.3. The molecule has 4 rings (SSSR count). The van der Waals surface area contributed by atoms with Gasteiger partial charge in [-0.15, -0.1) is 0 Å². The molecule has 1 saturated heterocycles. The van der Waals surface area contributed by atoms with E-state index in [1.54, 1.807) is 0 Å². The number of anilines is 1. The second-order valence-corrected chi connectivity index (χ2v) is 10.3. The van der Waals surface area contributed by atoms with Gasteiger partial charge in [-0.2, -0.15) is 5.26 Å². The van der Waals surface area contributed by atoms with Gasteiger partial charge in [-0.25, -0.2) is 0 Å². The highest BCUT2D eigenvalue weighted by Gasteiger charge is 2.23. The number of piperazine rings is 1. The summed E-state index contributed by atoms with van der Waals surface area (Å²) in [6.45, 7) is 10.4. The van der Waals surface area contributed by atoms with Crippen LogP contribution in [0, 0.1) is 11.3 Å². The molecule has 1 amide bonds. The normalized spacial score (nSPS) is 15.5. The van der Waals surface area contributed by atoms with Crippen molar-refractivity contribution in [1.82, 2.24) is 14.8 Å². The van der Waals surface area contributed by atoms with Crippen molar-refractivity contribution in [2.75, 3.05) is 44.2 Å². The number of amides is 1. The van der Waals surface area contributed by atoms with Crippen molar-refractivity contribution in [3.8, 4) is 6.07 Å². The van der Waals surface area contributed by atoms with Crippen LogP contribution in [0.2, 0.25) is 0 Å². The van der Waals surface area contributed by atoms with Gasteiger partial charge in [0.1, 0.15) is 0 Å². The zero-order chi connectivity index (χ0) is 26.0. The van der Waals surface area contributed by atoms with E-state index in [1.807, 2.05) is 41.3 Å². The third-order valence-electron chi connectivity index (χ3n) is 7.64. The molecule has 1 atom stereocenters. The van der Waals surface area contributed by atoms with Gasteiger partial charge >= 0.3 is 0 Å². The number of para-hydroxylation sites is 1. The molecule has 196 valence electrons. The van der Waals surface area contributed by atoms with E-state index in [-0.39, 0.29) is 11.9 Å². The predicted molar refractivity (Wildman–Crippen MR) is 152 cm³/mol. The van der Waals surface area contributed by atoms with E-state index in [0.717, 1.165) is 82.6 Å². The summed E-state index contributed by atoms with van der Waals surface area (Å²) in [5, 5.41) is 10.4. The lowest BCUT2D eigenvalue weighted by Crippen LogP contribution is -2.48. The number of unbranched alkanes of at least 4 members (excludes halogenated alkanes) is 1. The van der Waals surface area contributed by atoms with Crippen LogP contribution in [0.15, 0.2) is 54.7 Å². The maximum Gasteiger partial charge on any atom is 0.228 e. The van der Waals surface area contributed by atoms with E-state index in [0.29, 0.717) is 12.0 Å². The van der Waals surface area contributed by atoms with E-state index >= 15 is 0 Å². The second-order valence-electron chi connectivity index (χ2n) is 10.3. The van der Waals surface area contributed by atoms with Crippen molar-refractivity contribution >= 4 is 22.5 Å². The molecule has 1 N–H and O–H groups in total. The Morgan fingerprint density at radius 2 is 1.78 bits per heavy atom. The molecule has 0 aliphatic carbocycles. The molecule has 0 bridgehead atoms. The second kappa shape index (κ2) is 13.4. The van der Waals surface area contributed by atoms with Gasteiger partial charge in [0.2, 0.25) is 5.91 Å². The molecular formula is C31H41N5O. The summed E-state index contributed by atoms with van der Waals surface area (Å²) in [4.78, 5) is 23.6. The number of carbonyl (C=O) groups excluding carboxylic acids is 1. The quantitative estimate of drug-likeness (QED) is 0.353. The predicted octanol–water partition coefficient (Wildman–Crippen LogP) is 5.59. The topological polar surface area (TPSA) is 66.4 Å². The summed E-state index contributed by atoms with van der Waals surface area (Å²) in [5.41, 5.74) is 4.12. The standard InChI is InChI=1S/C31H41N5O/c1-3-4-9-25(2)36(28-11-6-5-7-12-28)31(37)15-17-35-20-18-34(19-21-35)16-8-10-27-24-33-30-14-13-26(23-32)22-29(27)30/h5-7,11-14,22,24-25,33H,3-4,8-10,15-21H2,1-2H3. The summed E-state index contributed by atoms with van der Waals surface area (Å²) < 4.78 is 0. The number of aromatic amines is 1. The van der Waals surface area contributed by atoms with Crippen molar-refractivity contribution < 1.29 is 4.79 Å². The van der Waals surface area contributed by atoms with Crippen LogP contribution in [0.3, 0.4) is 0 Å². The highest BCUT2D eigenvalue weighted by Crippen LogP contribution is 2.22. The van der Waals surface area contributed by atoms with Gasteiger partial charge in [-0.1, -0.05) is 38.0 Å². The molecule has 0 spiro atoms. The Morgan fingerprint density at radius 1 is 1.05 bits per heavy atom. The number of hydrogen-bond donors (Lipinski definition) is 1. The number of benzene rings is 2. The Bertz CT molecular complexity index is 1170. The van der Waals surface area contributed by atoms with Crippen molar-refractivity contribution in [3.63, 3.8) is 0 Å². The molecule has 1 aliphatic rings. The number of nitrogens with one attached hydrogen (secondary N) is 1. The third-order valence-corrected chi connectivity index (χ3v) is 7.64. The van der Waals surface area contributed by atoms with Gasteiger partial charge < -0.3 is 19.7 Å². The average molecular weight is 500 g/mol. The van der Waals surface area contributed by atoms with Gasteiger partial charge in [0.15, 0.2) is 0 Å². The number of aromatic nitrogens is 1. The van der Waals surface area contributed by atoms with Crippen LogP contribution in [0.5, 0.6) is 0 Å². The first-order valence-electron chi connectivity index (χ1n) is 13.9. The van der Waals surface area contributed by atoms with Crippen molar-refractivity contribution in [3.05, 3.63) is 65.9 Å². The molecule has 3 aromatic rings. The highest BCUT2D eigenvalue weighted by molar-refractivity contribution is 5.94. The molecule has 37 heavy (non-hydrogen) atoms. The van der Waals surface area contributed by atoms with Gasteiger partial charge in [0, 0.05) is 68.0 Å². The molecule has 1 aromatic heterocycles. The number of nitriles is 1. The Balaban J connectivity index is 1.21. The number of fused-ring (bicyclic) bond motifs is 1. The number of hydrogen-bond acceptors (Lipinski definition) is 4. The zero-order valence-corrected chi connectivity index (χ0v) is 22.5. The first kappa shape index (κ1) is 26.9. The van der Waals surface area contributed by atoms with Gasteiger partial charge in [0.25, 0.3) is 0 Å². The van der Waals surface area contributed by atoms with Crippen LogP contribution in [0.25, 0.3) is 10.9 Å². The summed E-state index contributed by atoms with van der Waals surface area (Å²) in [6, 6.07) is 18.5. The number of aryl methyl sites for hydroxylation is 1. The SMILES string of the molecule is CCCCC(C)N(C(=O)CCN1CCN(CCCc2c[nH]c3ccc(C#N)cc23)CC1)c1ccccc1. The van der Waals surface area contributed by atoms with E-state index in [2.05, 4.69) is 53.0 Å². The first-order valence-corrected chi connectivity index (χ1v) is 13.9. The molecule has 6 heteroatoms. The lowest BCUT2D eigenvalue weighted by atomic mass is 10.1. The van der Waals surface area contributed by atoms with E-state index < -0.39 is 0 Å². The highest BCUT2D eigenvalue weighted by atomic mass is 16.2. The Labute approximate surface area is 221 Å². The monoisotopic (exact) mass is 499 g/mol. The molecule has 2 heterocycles. The minimum atomic E-state index is 0.218. The summed E-state index contributed by atoms with van der Waals surface area (Å²) in [6.07, 6.45) is 8.09. The van der Waals surface area contributed by atoms with E-state index in [1.165, 1.54) is 10.9 Å². The Morgan fingerprint density at radius 3 is 2.49 bits per heavy atom. The smallest absolute Gasteiger partial charge is 0.228 e. The third kappa shape index (κ3) is 7.21. The van der Waals surface area contributed by atoms with Gasteiger partial charge in [-0.05, 0) is 68.6 Å². The fourth-order valence-electron chi connectivity index (χ4n) is 5.42. The molecule has 0 saturated carbocycles. The fourth-order valence-corrected chi connectivity index (χ4v) is 5.42. The first-order chi connectivity index (χ1) is 18.1. The molecule has 0 radical (unpaired) electrons. The molecule has 1 fully saturated rings. The van der Waals surface area contributed by atoms with Crippen LogP contribution < -0.4 is 4.90 Å². The Kier molecular flexibility index (Phi) is 9.76. The Hall–Kier alpha value is -3.14. The minimum Gasteiger partial charge on any atom is -0.361 e. The summed E-state index contributed by atoms with van der Waals surface area (Å²) in [5.74, 6) is 0.232. The van der Waals surface area contributed by atoms with Gasteiger partial charge in [-0.3, -0.25) is 4.79 Å². The molecule has 1 aliphatic heterocycles. The van der Waals surface area contributed by atoms with Crippen LogP contribution in [-0.2, 0) is 11.2 Å². The summed E-state index contributed by atoms with van der Waals surface area (Å²) >= 11 is 0. The van der Waals surface area contributed by atoms with Gasteiger partial charge in [0.05, 0.1) is 11.6 Å². The van der Waals surface area contributed by atoms with Crippen molar-refractivity contribution in [2.45, 2.75) is 58.4 Å². The lowest BCUT2D eigenvalue weighted by Gasteiger charge is -2.35. The maximum atomic E-state index is 13.3. The molecule has 6 nitrogen and oxygen atoms in total. The van der Waals surface area contributed by atoms with Crippen LogP contribution in [-0.4, -0.2) is 66.0 Å². The number of carbonyl (C=O) groups is 1. The minimum absolute atomic E-state index is 0.218. The molecule has 2 aromatic carbocycles. The average Bonchev–Trinajstić information content (AvgIpc) is 3.34.